The van der Waals surface area contributed by atoms with Crippen LogP contribution in [0, 0.1) is 5.41 Å². The number of rotatable bonds is 3. The lowest BCUT2D eigenvalue weighted by Crippen LogP contribution is -2.54. The van der Waals surface area contributed by atoms with Crippen molar-refractivity contribution in [3.63, 3.8) is 0 Å². The van der Waals surface area contributed by atoms with Crippen LogP contribution in [-0.4, -0.2) is 60.9 Å². The lowest BCUT2D eigenvalue weighted by atomic mass is 9.81. The highest BCUT2D eigenvalue weighted by atomic mass is 16.2. The molecule has 108 valence electrons. The molecular weight excluding hydrogens is 242 g/mol. The molecule has 0 aliphatic carbocycles. The van der Waals surface area contributed by atoms with Gasteiger partial charge < -0.3 is 15.1 Å². The smallest absolute Gasteiger partial charge is 0.230 e. The molecule has 1 unspecified atom stereocenters. The molecule has 0 spiro atoms. The van der Waals surface area contributed by atoms with Gasteiger partial charge in [-0.05, 0) is 19.4 Å². The molecule has 0 aromatic heterocycles. The minimum absolute atomic E-state index is 0.109. The van der Waals surface area contributed by atoms with E-state index in [-0.39, 0.29) is 11.3 Å². The summed E-state index contributed by atoms with van der Waals surface area (Å²) in [5.74, 6) is 0.403. The summed E-state index contributed by atoms with van der Waals surface area (Å²) in [5.41, 5.74) is -0.187. The Balaban J connectivity index is 1.98. The summed E-state index contributed by atoms with van der Waals surface area (Å²) in [6, 6.07) is 0. The van der Waals surface area contributed by atoms with Gasteiger partial charge in [0.15, 0.2) is 0 Å². The van der Waals surface area contributed by atoms with Crippen LogP contribution in [0.1, 0.15) is 33.1 Å². The van der Waals surface area contributed by atoms with Crippen molar-refractivity contribution in [3.05, 3.63) is 0 Å². The average molecular weight is 267 g/mol. The van der Waals surface area contributed by atoms with Gasteiger partial charge in [-0.3, -0.25) is 9.59 Å². The fourth-order valence-corrected chi connectivity index (χ4v) is 3.28. The molecule has 0 radical (unpaired) electrons. The number of piperazine rings is 1. The third-order valence-corrected chi connectivity index (χ3v) is 4.44. The lowest BCUT2D eigenvalue weighted by molar-refractivity contribution is -0.146. The summed E-state index contributed by atoms with van der Waals surface area (Å²) < 4.78 is 0. The second-order valence-electron chi connectivity index (χ2n) is 5.76. The number of hydrogen-bond acceptors (Lipinski definition) is 3. The van der Waals surface area contributed by atoms with Gasteiger partial charge in [-0.1, -0.05) is 13.3 Å². The Kier molecular flexibility index (Phi) is 4.45. The van der Waals surface area contributed by atoms with Gasteiger partial charge in [-0.15, -0.1) is 0 Å². The molecule has 0 aromatic carbocycles. The van der Waals surface area contributed by atoms with E-state index in [0.29, 0.717) is 32.1 Å². The number of hydrogen-bond donors (Lipinski definition) is 1. The summed E-state index contributed by atoms with van der Waals surface area (Å²) in [7, 11) is 0. The number of carbonyl (C=O) groups excluding carboxylic acids is 2. The van der Waals surface area contributed by atoms with E-state index < -0.39 is 0 Å². The highest BCUT2D eigenvalue weighted by molar-refractivity contribution is 5.84. The van der Waals surface area contributed by atoms with E-state index in [1.54, 1.807) is 6.92 Å². The van der Waals surface area contributed by atoms with E-state index in [0.717, 1.165) is 32.4 Å². The van der Waals surface area contributed by atoms with Crippen molar-refractivity contribution in [2.75, 3.05) is 39.3 Å². The van der Waals surface area contributed by atoms with Gasteiger partial charge in [0, 0.05) is 39.6 Å². The maximum atomic E-state index is 12.8. The standard InChI is InChI=1S/C14H25N3O2/c1-3-4-14(5-6-15-11-14)13(19)17-9-7-16(8-10-17)12(2)18/h15H,3-11H2,1-2H3. The molecule has 2 aliphatic heterocycles. The summed E-state index contributed by atoms with van der Waals surface area (Å²) in [4.78, 5) is 27.9. The number of amides is 2. The van der Waals surface area contributed by atoms with Crippen LogP contribution in [0.25, 0.3) is 0 Å². The van der Waals surface area contributed by atoms with Gasteiger partial charge in [-0.25, -0.2) is 0 Å². The van der Waals surface area contributed by atoms with E-state index >= 15 is 0 Å². The molecule has 19 heavy (non-hydrogen) atoms. The predicted molar refractivity (Wildman–Crippen MR) is 73.7 cm³/mol. The van der Waals surface area contributed by atoms with Crippen molar-refractivity contribution in [3.8, 4) is 0 Å². The number of nitrogens with zero attached hydrogens (tertiary/aromatic N) is 2. The molecule has 5 heteroatoms. The van der Waals surface area contributed by atoms with Crippen molar-refractivity contribution >= 4 is 11.8 Å². The Labute approximate surface area is 115 Å². The largest absolute Gasteiger partial charge is 0.339 e. The third kappa shape index (κ3) is 2.91. The summed E-state index contributed by atoms with van der Waals surface area (Å²) in [5, 5.41) is 3.33. The molecule has 2 amide bonds. The zero-order valence-corrected chi connectivity index (χ0v) is 12.1. The molecule has 5 nitrogen and oxygen atoms in total. The van der Waals surface area contributed by atoms with Gasteiger partial charge in [0.1, 0.15) is 0 Å². The normalized spacial score (nSPS) is 27.7. The predicted octanol–water partition coefficient (Wildman–Crippen LogP) is 0.457. The number of carbonyl (C=O) groups is 2. The molecule has 2 aliphatic rings. The van der Waals surface area contributed by atoms with Crippen LogP contribution in [0.3, 0.4) is 0 Å². The first-order chi connectivity index (χ1) is 9.09. The van der Waals surface area contributed by atoms with Gasteiger partial charge in [0.2, 0.25) is 11.8 Å². The van der Waals surface area contributed by atoms with Crippen molar-refractivity contribution in [2.24, 2.45) is 5.41 Å². The van der Waals surface area contributed by atoms with Gasteiger partial charge >= 0.3 is 0 Å². The minimum Gasteiger partial charge on any atom is -0.339 e. The maximum absolute atomic E-state index is 12.8. The molecule has 2 rings (SSSR count). The molecule has 1 N–H and O–H groups in total. The van der Waals surface area contributed by atoms with E-state index in [1.807, 2.05) is 9.80 Å². The second-order valence-corrected chi connectivity index (χ2v) is 5.76. The quantitative estimate of drug-likeness (QED) is 0.808. The van der Waals surface area contributed by atoms with Crippen LogP contribution in [-0.2, 0) is 9.59 Å². The molecule has 2 fully saturated rings. The van der Waals surface area contributed by atoms with Crippen molar-refractivity contribution in [2.45, 2.75) is 33.1 Å². The van der Waals surface area contributed by atoms with Crippen molar-refractivity contribution in [1.29, 1.82) is 0 Å². The number of nitrogens with one attached hydrogen (secondary N) is 1. The minimum atomic E-state index is -0.187. The molecule has 0 bridgehead atoms. The van der Waals surface area contributed by atoms with Crippen LogP contribution < -0.4 is 5.32 Å². The van der Waals surface area contributed by atoms with Gasteiger partial charge in [0.05, 0.1) is 5.41 Å². The SMILES string of the molecule is CCCC1(C(=O)N2CCN(C(C)=O)CC2)CCNC1. The van der Waals surface area contributed by atoms with E-state index in [2.05, 4.69) is 12.2 Å². The first-order valence-electron chi connectivity index (χ1n) is 7.35. The average Bonchev–Trinajstić information content (AvgIpc) is 2.88. The topological polar surface area (TPSA) is 52.7 Å². The third-order valence-electron chi connectivity index (χ3n) is 4.44. The fraction of sp³-hybridized carbons (Fsp3) is 0.857. The summed E-state index contributed by atoms with van der Waals surface area (Å²) >= 11 is 0. The van der Waals surface area contributed by atoms with Crippen LogP contribution in [0.15, 0.2) is 0 Å². The Bertz CT molecular complexity index is 343. The summed E-state index contributed by atoms with van der Waals surface area (Å²) in [6.45, 7) is 8.21. The van der Waals surface area contributed by atoms with Crippen LogP contribution >= 0.6 is 0 Å². The highest BCUT2D eigenvalue weighted by Crippen LogP contribution is 2.33. The Hall–Kier alpha value is -1.10. The Morgan fingerprint density at radius 1 is 1.16 bits per heavy atom. The van der Waals surface area contributed by atoms with E-state index in [4.69, 9.17) is 0 Å². The second kappa shape index (κ2) is 5.90. The van der Waals surface area contributed by atoms with Crippen molar-refractivity contribution < 1.29 is 9.59 Å². The first kappa shape index (κ1) is 14.3. The Morgan fingerprint density at radius 3 is 2.26 bits per heavy atom. The van der Waals surface area contributed by atoms with Crippen molar-refractivity contribution in [1.82, 2.24) is 15.1 Å². The molecule has 0 aromatic rings. The van der Waals surface area contributed by atoms with Crippen LogP contribution in [0.5, 0.6) is 0 Å². The van der Waals surface area contributed by atoms with Crippen LogP contribution in [0.2, 0.25) is 0 Å². The molecular formula is C14H25N3O2. The fourth-order valence-electron chi connectivity index (χ4n) is 3.28. The van der Waals surface area contributed by atoms with E-state index in [9.17, 15) is 9.59 Å². The summed E-state index contributed by atoms with van der Waals surface area (Å²) in [6.07, 6.45) is 2.96. The van der Waals surface area contributed by atoms with Gasteiger partial charge in [-0.2, -0.15) is 0 Å². The van der Waals surface area contributed by atoms with Gasteiger partial charge in [0.25, 0.3) is 0 Å². The molecule has 1 atom stereocenters. The first-order valence-corrected chi connectivity index (χ1v) is 7.35. The van der Waals surface area contributed by atoms with Crippen LogP contribution in [0.4, 0.5) is 0 Å². The van der Waals surface area contributed by atoms with E-state index in [1.165, 1.54) is 0 Å². The maximum Gasteiger partial charge on any atom is 0.230 e. The lowest BCUT2D eigenvalue weighted by Gasteiger charge is -2.39. The zero-order chi connectivity index (χ0) is 13.9. The molecule has 2 saturated heterocycles. The molecule has 2 heterocycles. The zero-order valence-electron chi connectivity index (χ0n) is 12.1. The molecule has 0 saturated carbocycles. The monoisotopic (exact) mass is 267 g/mol. The Morgan fingerprint density at radius 2 is 1.79 bits per heavy atom. The highest BCUT2D eigenvalue weighted by Gasteiger charge is 2.43.